The molecule has 0 bridgehead atoms. The van der Waals surface area contributed by atoms with Crippen LogP contribution in [0.25, 0.3) is 0 Å². The molecule has 3 aliphatic heterocycles. The topological polar surface area (TPSA) is 75.3 Å². The molecule has 0 aromatic carbocycles. The number of carbonyl (C=O) groups is 1. The number of hydrogen-bond acceptors (Lipinski definition) is 7. The molecule has 3 aliphatic rings. The smallest absolute Gasteiger partial charge is 0.252 e. The lowest BCUT2D eigenvalue weighted by Gasteiger charge is -2.36. The zero-order valence-corrected chi connectivity index (χ0v) is 15.5. The number of amides is 1. The quantitative estimate of drug-likeness (QED) is 0.875. The van der Waals surface area contributed by atoms with E-state index in [-0.39, 0.29) is 5.91 Å². The highest BCUT2D eigenvalue weighted by Crippen LogP contribution is 2.44. The molecule has 3 fully saturated rings. The molecule has 3 saturated heterocycles. The number of rotatable bonds is 3. The molecular formula is C17H23NO6S. The lowest BCUT2D eigenvalue weighted by atomic mass is 9.98. The minimum Gasteiger partial charge on any atom is -0.349 e. The molecule has 7 nitrogen and oxygen atoms in total. The maximum absolute atomic E-state index is 12.7. The number of ether oxygens (including phenoxy) is 5. The summed E-state index contributed by atoms with van der Waals surface area (Å²) in [5.74, 6) is -1.84. The highest BCUT2D eigenvalue weighted by Gasteiger charge is 2.62. The van der Waals surface area contributed by atoms with Crippen LogP contribution in [0.3, 0.4) is 0 Å². The molecule has 5 atom stereocenters. The molecule has 0 spiro atoms. The first kappa shape index (κ1) is 17.4. The van der Waals surface area contributed by atoms with E-state index in [1.165, 1.54) is 0 Å². The fraction of sp³-hybridized carbons (Fsp3) is 0.706. The summed E-state index contributed by atoms with van der Waals surface area (Å²) in [4.78, 5) is 13.8. The Morgan fingerprint density at radius 2 is 1.76 bits per heavy atom. The van der Waals surface area contributed by atoms with Crippen LogP contribution in [-0.4, -0.2) is 48.2 Å². The van der Waals surface area contributed by atoms with Crippen LogP contribution in [0.15, 0.2) is 17.5 Å². The van der Waals surface area contributed by atoms with Crippen molar-refractivity contribution in [1.82, 2.24) is 5.32 Å². The molecule has 138 valence electrons. The number of thiophene rings is 1. The van der Waals surface area contributed by atoms with Crippen LogP contribution in [0, 0.1) is 0 Å². The van der Waals surface area contributed by atoms with Gasteiger partial charge < -0.3 is 29.0 Å². The van der Waals surface area contributed by atoms with Crippen molar-refractivity contribution in [3.63, 3.8) is 0 Å². The minimum absolute atomic E-state index is 0.239. The highest BCUT2D eigenvalue weighted by atomic mass is 32.1. The van der Waals surface area contributed by atoms with E-state index in [1.807, 2.05) is 45.2 Å². The van der Waals surface area contributed by atoms with Crippen LogP contribution < -0.4 is 5.32 Å². The van der Waals surface area contributed by atoms with Gasteiger partial charge >= 0.3 is 0 Å². The summed E-state index contributed by atoms with van der Waals surface area (Å²) >= 11 is 1.59. The van der Waals surface area contributed by atoms with Gasteiger partial charge in [0.15, 0.2) is 24.0 Å². The summed E-state index contributed by atoms with van der Waals surface area (Å²) in [5.41, 5.74) is 0. The van der Waals surface area contributed by atoms with Gasteiger partial charge in [-0.25, -0.2) is 0 Å². The van der Waals surface area contributed by atoms with Crippen molar-refractivity contribution < 1.29 is 28.5 Å². The summed E-state index contributed by atoms with van der Waals surface area (Å²) in [6.45, 7) is 7.73. The largest absolute Gasteiger partial charge is 0.349 e. The maximum atomic E-state index is 12.7. The SMILES string of the molecule is CC1(C)O[C@@H]2O[C@@H](C(=O)NCc3cccs3)[C@H]3OC(C)(C)O[C@@H]3[C@H]2O1. The first-order chi connectivity index (χ1) is 11.7. The van der Waals surface area contributed by atoms with Crippen LogP contribution in [0.2, 0.25) is 0 Å². The summed E-state index contributed by atoms with van der Waals surface area (Å²) in [7, 11) is 0. The Morgan fingerprint density at radius 3 is 2.48 bits per heavy atom. The Bertz CT molecular complexity index is 646. The normalized spacial score (nSPS) is 38.2. The van der Waals surface area contributed by atoms with Crippen molar-refractivity contribution in [3.05, 3.63) is 22.4 Å². The molecule has 1 N–H and O–H groups in total. The molecule has 0 radical (unpaired) electrons. The molecule has 0 aliphatic carbocycles. The third kappa shape index (κ3) is 3.34. The standard InChI is InChI=1S/C17H23NO6S/c1-16(2)21-10-11(22-16)13-15(24-17(3,4)23-13)20-12(10)14(19)18-8-9-6-5-7-25-9/h5-7,10-13,15H,8H2,1-4H3,(H,18,19)/t10-,11-,12+,13+,15-/m0/s1. The second-order valence-electron chi connectivity index (χ2n) is 7.39. The molecular weight excluding hydrogens is 346 g/mol. The number of hydrogen-bond donors (Lipinski definition) is 1. The molecule has 4 heterocycles. The van der Waals surface area contributed by atoms with Gasteiger partial charge in [-0.05, 0) is 39.1 Å². The van der Waals surface area contributed by atoms with Crippen LogP contribution in [-0.2, 0) is 35.0 Å². The third-order valence-electron chi connectivity index (χ3n) is 4.43. The number of fused-ring (bicyclic) bond motifs is 3. The van der Waals surface area contributed by atoms with Gasteiger partial charge in [-0.2, -0.15) is 0 Å². The zero-order chi connectivity index (χ0) is 17.8. The molecule has 25 heavy (non-hydrogen) atoms. The average molecular weight is 369 g/mol. The average Bonchev–Trinajstić information content (AvgIpc) is 3.19. The van der Waals surface area contributed by atoms with Gasteiger partial charge in [-0.1, -0.05) is 6.07 Å². The van der Waals surface area contributed by atoms with Crippen molar-refractivity contribution >= 4 is 17.2 Å². The van der Waals surface area contributed by atoms with Crippen molar-refractivity contribution in [3.8, 4) is 0 Å². The second-order valence-corrected chi connectivity index (χ2v) is 8.42. The van der Waals surface area contributed by atoms with Gasteiger partial charge in [-0.3, -0.25) is 4.79 Å². The van der Waals surface area contributed by atoms with Crippen LogP contribution in [0.4, 0.5) is 0 Å². The first-order valence-corrected chi connectivity index (χ1v) is 9.29. The molecule has 4 rings (SSSR count). The fourth-order valence-electron chi connectivity index (χ4n) is 3.51. The molecule has 0 saturated carbocycles. The molecule has 8 heteroatoms. The Balaban J connectivity index is 1.52. The first-order valence-electron chi connectivity index (χ1n) is 8.41. The Kier molecular flexibility index (Phi) is 4.18. The van der Waals surface area contributed by atoms with Crippen molar-refractivity contribution in [2.75, 3.05) is 0 Å². The van der Waals surface area contributed by atoms with Crippen molar-refractivity contribution in [1.29, 1.82) is 0 Å². The van der Waals surface area contributed by atoms with E-state index in [0.717, 1.165) is 4.88 Å². The van der Waals surface area contributed by atoms with Crippen molar-refractivity contribution in [2.45, 2.75) is 76.5 Å². The van der Waals surface area contributed by atoms with Crippen LogP contribution in [0.1, 0.15) is 32.6 Å². The zero-order valence-electron chi connectivity index (χ0n) is 14.7. The highest BCUT2D eigenvalue weighted by molar-refractivity contribution is 7.09. The Hall–Kier alpha value is -1.03. The Morgan fingerprint density at radius 1 is 1.08 bits per heavy atom. The van der Waals surface area contributed by atoms with E-state index in [2.05, 4.69) is 5.32 Å². The maximum Gasteiger partial charge on any atom is 0.252 e. The van der Waals surface area contributed by atoms with E-state index in [9.17, 15) is 4.79 Å². The molecule has 1 aromatic heterocycles. The van der Waals surface area contributed by atoms with Gasteiger partial charge in [0.1, 0.15) is 18.3 Å². The van der Waals surface area contributed by atoms with Gasteiger partial charge in [0, 0.05) is 4.88 Å². The van der Waals surface area contributed by atoms with E-state index in [1.54, 1.807) is 11.3 Å². The summed E-state index contributed by atoms with van der Waals surface area (Å²) in [6, 6.07) is 3.92. The van der Waals surface area contributed by atoms with Crippen molar-refractivity contribution in [2.24, 2.45) is 0 Å². The van der Waals surface area contributed by atoms with Crippen LogP contribution in [0.5, 0.6) is 0 Å². The third-order valence-corrected chi connectivity index (χ3v) is 5.31. The summed E-state index contributed by atoms with van der Waals surface area (Å²) in [6.07, 6.45) is -2.87. The molecule has 1 aromatic rings. The predicted octanol–water partition coefficient (Wildman–Crippen LogP) is 1.76. The van der Waals surface area contributed by atoms with Crippen LogP contribution >= 0.6 is 11.3 Å². The number of carbonyl (C=O) groups excluding carboxylic acids is 1. The van der Waals surface area contributed by atoms with E-state index >= 15 is 0 Å². The second kappa shape index (κ2) is 6.00. The number of nitrogens with one attached hydrogen (secondary N) is 1. The lowest BCUT2D eigenvalue weighted by molar-refractivity contribution is -0.231. The molecule has 0 unspecified atom stereocenters. The fourth-order valence-corrected chi connectivity index (χ4v) is 4.16. The van der Waals surface area contributed by atoms with E-state index in [4.69, 9.17) is 23.7 Å². The van der Waals surface area contributed by atoms with E-state index in [0.29, 0.717) is 6.54 Å². The minimum atomic E-state index is -0.814. The van der Waals surface area contributed by atoms with Gasteiger partial charge in [0.2, 0.25) is 0 Å². The van der Waals surface area contributed by atoms with Gasteiger partial charge in [0.05, 0.1) is 6.54 Å². The Labute approximate surface area is 150 Å². The monoisotopic (exact) mass is 369 g/mol. The summed E-state index contributed by atoms with van der Waals surface area (Å²) < 4.78 is 29.6. The predicted molar refractivity (Wildman–Crippen MR) is 88.7 cm³/mol. The lowest BCUT2D eigenvalue weighted by Crippen LogP contribution is -2.59. The summed E-state index contributed by atoms with van der Waals surface area (Å²) in [5, 5.41) is 4.88. The molecule has 1 amide bonds. The van der Waals surface area contributed by atoms with E-state index < -0.39 is 42.3 Å². The van der Waals surface area contributed by atoms with Gasteiger partial charge in [-0.15, -0.1) is 11.3 Å². The van der Waals surface area contributed by atoms with Gasteiger partial charge in [0.25, 0.3) is 5.91 Å².